The van der Waals surface area contributed by atoms with Gasteiger partial charge in [-0.15, -0.1) is 0 Å². The first-order chi connectivity index (χ1) is 20.3. The van der Waals surface area contributed by atoms with Gasteiger partial charge in [-0.3, -0.25) is 9.59 Å². The summed E-state index contributed by atoms with van der Waals surface area (Å²) in [7, 11) is 1.91. The number of hydrogen-bond donors (Lipinski definition) is 3. The number of amides is 2. The Hall–Kier alpha value is -3.87. The van der Waals surface area contributed by atoms with Crippen molar-refractivity contribution >= 4 is 28.9 Å². The second-order valence-corrected chi connectivity index (χ2v) is 12.0. The molecule has 232 valence electrons. The molecule has 43 heavy (non-hydrogen) atoms. The molecule has 2 amide bonds. The van der Waals surface area contributed by atoms with Gasteiger partial charge >= 0.3 is 6.09 Å². The number of aromatic nitrogens is 1. The van der Waals surface area contributed by atoms with E-state index in [1.165, 1.54) is 4.90 Å². The second-order valence-electron chi connectivity index (χ2n) is 12.0. The Morgan fingerprint density at radius 1 is 1.19 bits per heavy atom. The van der Waals surface area contributed by atoms with E-state index in [-0.39, 0.29) is 41.7 Å². The molecule has 2 aliphatic heterocycles. The summed E-state index contributed by atoms with van der Waals surface area (Å²) >= 11 is 0. The molecular formula is C30H35F4N5O4. The molecule has 9 nitrogen and oxygen atoms in total. The van der Waals surface area contributed by atoms with Gasteiger partial charge in [0.05, 0.1) is 16.8 Å². The van der Waals surface area contributed by atoms with Crippen molar-refractivity contribution in [1.29, 1.82) is 0 Å². The molecule has 3 heterocycles. The number of aromatic amines is 1. The van der Waals surface area contributed by atoms with Crippen LogP contribution in [0.5, 0.6) is 0 Å². The fraction of sp³-hybridized carbons (Fsp3) is 0.500. The molecule has 13 heteroatoms. The molecule has 1 saturated heterocycles. The standard InChI is InChI=1S/C30H35F4N5O4/c1-16-14-38(10-9-37(16)3)21-12-20(31)24(17-5-6-22(30(2)7-4-8-30)39(15-17)29(42)43)25(32)26(21)36-28(41)19-13-35-23(40)11-18(19)27(33)34/h5,11-13,16,22,27H,4,6-10,14-15H2,1-3H3,(H,35,40)(H,36,41)(H,42,43)/t16?,22-/m0/s1. The first kappa shape index (κ1) is 30.6. The Morgan fingerprint density at radius 3 is 2.51 bits per heavy atom. The maximum absolute atomic E-state index is 16.5. The predicted molar refractivity (Wildman–Crippen MR) is 154 cm³/mol. The smallest absolute Gasteiger partial charge is 0.407 e. The monoisotopic (exact) mass is 605 g/mol. The molecule has 3 N–H and O–H groups in total. The normalized spacial score (nSPS) is 22.3. The Balaban J connectivity index is 1.59. The lowest BCUT2D eigenvalue weighted by molar-refractivity contribution is 0.0222. The lowest BCUT2D eigenvalue weighted by Crippen LogP contribution is -2.53. The SMILES string of the molecule is CC1CN(c2cc(F)c(C3=CC[C@@H](C4(C)CCC4)N(C(=O)O)C3)c(F)c2NC(=O)c2c[nH]c(=O)cc2C(F)F)CCN1C. The van der Waals surface area contributed by atoms with Crippen LogP contribution >= 0.6 is 0 Å². The Morgan fingerprint density at radius 2 is 1.91 bits per heavy atom. The molecule has 5 rings (SSSR count). The van der Waals surface area contributed by atoms with Gasteiger partial charge in [-0.05, 0) is 44.2 Å². The minimum atomic E-state index is -3.16. The van der Waals surface area contributed by atoms with Crippen molar-refractivity contribution in [3.8, 4) is 0 Å². The minimum Gasteiger partial charge on any atom is -0.465 e. The lowest BCUT2D eigenvalue weighted by atomic mass is 9.63. The van der Waals surface area contributed by atoms with Gasteiger partial charge in [0.25, 0.3) is 12.3 Å². The first-order valence-electron chi connectivity index (χ1n) is 14.3. The maximum atomic E-state index is 16.5. The number of likely N-dealkylation sites (N-methyl/N-ethyl adjacent to an activating group) is 1. The number of carboxylic acid groups (broad SMARTS) is 1. The highest BCUT2D eigenvalue weighted by Crippen LogP contribution is 2.49. The van der Waals surface area contributed by atoms with Crippen molar-refractivity contribution in [3.63, 3.8) is 0 Å². The van der Waals surface area contributed by atoms with E-state index in [1.807, 2.05) is 20.9 Å². The van der Waals surface area contributed by atoms with Crippen LogP contribution in [0.25, 0.3) is 5.57 Å². The number of pyridine rings is 1. The van der Waals surface area contributed by atoms with E-state index in [9.17, 15) is 28.3 Å². The molecule has 0 bridgehead atoms. The molecule has 1 unspecified atom stereocenters. The van der Waals surface area contributed by atoms with Crippen LogP contribution in [0.4, 0.5) is 33.7 Å². The minimum absolute atomic E-state index is 0.00252. The van der Waals surface area contributed by atoms with Crippen LogP contribution in [0, 0.1) is 17.0 Å². The summed E-state index contributed by atoms with van der Waals surface area (Å²) in [6, 6.07) is 1.36. The van der Waals surface area contributed by atoms with Crippen LogP contribution in [0.2, 0.25) is 0 Å². The van der Waals surface area contributed by atoms with Crippen molar-refractivity contribution in [1.82, 2.24) is 14.8 Å². The zero-order valence-corrected chi connectivity index (χ0v) is 24.2. The maximum Gasteiger partial charge on any atom is 0.407 e. The fourth-order valence-corrected chi connectivity index (χ4v) is 6.43. The van der Waals surface area contributed by atoms with Gasteiger partial charge in [-0.1, -0.05) is 19.4 Å². The van der Waals surface area contributed by atoms with E-state index in [1.54, 1.807) is 11.0 Å². The average molecular weight is 606 g/mol. The summed E-state index contributed by atoms with van der Waals surface area (Å²) in [4.78, 5) is 44.4. The third-order valence-corrected chi connectivity index (χ3v) is 9.34. The number of anilines is 2. The first-order valence-corrected chi connectivity index (χ1v) is 14.3. The highest BCUT2D eigenvalue weighted by Gasteiger charge is 2.45. The quantitative estimate of drug-likeness (QED) is 0.386. The molecule has 1 aromatic carbocycles. The van der Waals surface area contributed by atoms with E-state index in [2.05, 4.69) is 15.2 Å². The van der Waals surface area contributed by atoms with E-state index in [0.29, 0.717) is 25.7 Å². The molecule has 2 fully saturated rings. The van der Waals surface area contributed by atoms with Gasteiger partial charge < -0.3 is 30.1 Å². The van der Waals surface area contributed by atoms with Crippen LogP contribution in [-0.2, 0) is 0 Å². The van der Waals surface area contributed by atoms with Crippen molar-refractivity contribution < 1.29 is 32.3 Å². The number of carbonyl (C=O) groups is 2. The summed E-state index contributed by atoms with van der Waals surface area (Å²) in [5.41, 5.74) is -3.22. The molecule has 1 aromatic heterocycles. The van der Waals surface area contributed by atoms with Crippen LogP contribution < -0.4 is 15.8 Å². The number of nitrogens with one attached hydrogen (secondary N) is 2. The van der Waals surface area contributed by atoms with E-state index >= 15 is 8.78 Å². The number of piperazine rings is 1. The number of halogens is 4. The number of rotatable bonds is 6. The summed E-state index contributed by atoms with van der Waals surface area (Å²) in [6.45, 7) is 5.01. The molecule has 3 aliphatic rings. The molecule has 1 aliphatic carbocycles. The molecule has 2 aromatic rings. The Labute approximate surface area is 246 Å². The fourth-order valence-electron chi connectivity index (χ4n) is 6.43. The highest BCUT2D eigenvalue weighted by molar-refractivity contribution is 6.07. The van der Waals surface area contributed by atoms with Crippen molar-refractivity contribution in [2.24, 2.45) is 5.41 Å². The number of benzene rings is 1. The van der Waals surface area contributed by atoms with Crippen LogP contribution in [0.15, 0.2) is 29.2 Å². The number of carbonyl (C=O) groups excluding carboxylic acids is 1. The third kappa shape index (κ3) is 5.74. The van der Waals surface area contributed by atoms with Gasteiger partial charge in [0.1, 0.15) is 11.5 Å². The van der Waals surface area contributed by atoms with Crippen molar-refractivity contribution in [2.45, 2.75) is 58.0 Å². The Kier molecular flexibility index (Phi) is 8.30. The van der Waals surface area contributed by atoms with Crippen LogP contribution in [-0.4, -0.2) is 77.2 Å². The van der Waals surface area contributed by atoms with Crippen LogP contribution in [0.1, 0.15) is 67.4 Å². The van der Waals surface area contributed by atoms with Crippen molar-refractivity contribution in [3.05, 3.63) is 63.1 Å². The third-order valence-electron chi connectivity index (χ3n) is 9.34. The summed E-state index contributed by atoms with van der Waals surface area (Å²) in [5, 5.41) is 12.4. The van der Waals surface area contributed by atoms with Gasteiger partial charge in [-0.25, -0.2) is 22.4 Å². The number of hydrogen-bond acceptors (Lipinski definition) is 5. The zero-order chi connectivity index (χ0) is 31.2. The van der Waals surface area contributed by atoms with Gasteiger partial charge in [0, 0.05) is 62.2 Å². The molecule has 0 radical (unpaired) electrons. The Bertz CT molecular complexity index is 1520. The van der Waals surface area contributed by atoms with E-state index in [4.69, 9.17) is 0 Å². The molecule has 0 spiro atoms. The number of alkyl halides is 2. The van der Waals surface area contributed by atoms with Gasteiger partial charge in [-0.2, -0.15) is 0 Å². The number of nitrogens with zero attached hydrogens (tertiary/aromatic N) is 3. The van der Waals surface area contributed by atoms with E-state index in [0.717, 1.165) is 31.5 Å². The van der Waals surface area contributed by atoms with Gasteiger partial charge in [0.15, 0.2) is 5.82 Å². The summed E-state index contributed by atoms with van der Waals surface area (Å²) in [5.74, 6) is -3.18. The molecule has 2 atom stereocenters. The second kappa shape index (κ2) is 11.7. The summed E-state index contributed by atoms with van der Waals surface area (Å²) in [6.07, 6.45) is 1.08. The zero-order valence-electron chi connectivity index (χ0n) is 24.2. The molecular weight excluding hydrogens is 570 g/mol. The number of H-pyrrole nitrogens is 1. The topological polar surface area (TPSA) is 109 Å². The van der Waals surface area contributed by atoms with Crippen molar-refractivity contribution in [2.75, 3.05) is 43.4 Å². The van der Waals surface area contributed by atoms with Crippen LogP contribution in [0.3, 0.4) is 0 Å². The van der Waals surface area contributed by atoms with E-state index < -0.39 is 58.0 Å². The average Bonchev–Trinajstić information content (AvgIpc) is 2.94. The highest BCUT2D eigenvalue weighted by atomic mass is 19.3. The summed E-state index contributed by atoms with van der Waals surface area (Å²) < 4.78 is 59.8. The lowest BCUT2D eigenvalue weighted by Gasteiger charge is -2.50. The van der Waals surface area contributed by atoms with Gasteiger partial charge in [0.2, 0.25) is 5.56 Å². The predicted octanol–water partition coefficient (Wildman–Crippen LogP) is 5.31. The largest absolute Gasteiger partial charge is 0.465 e. The molecule has 1 saturated carbocycles.